The summed E-state index contributed by atoms with van der Waals surface area (Å²) in [5.41, 5.74) is 2.32. The number of anilines is 2. The number of pyridine rings is 2. The van der Waals surface area contributed by atoms with Crippen molar-refractivity contribution in [1.29, 1.82) is 0 Å². The molecule has 0 atom stereocenters. The number of carbonyl (C=O) groups excluding carboxylic acids is 1. The van der Waals surface area contributed by atoms with Gasteiger partial charge in [-0.15, -0.1) is 5.10 Å². The van der Waals surface area contributed by atoms with E-state index in [1.165, 1.54) is 0 Å². The van der Waals surface area contributed by atoms with E-state index in [-0.39, 0.29) is 5.91 Å². The van der Waals surface area contributed by atoms with Gasteiger partial charge in [-0.3, -0.25) is 14.4 Å². The number of rotatable bonds is 5. The molecule has 0 spiro atoms. The maximum atomic E-state index is 13.0. The van der Waals surface area contributed by atoms with Crippen molar-refractivity contribution in [2.24, 2.45) is 7.05 Å². The second-order valence-corrected chi connectivity index (χ2v) is 8.88. The van der Waals surface area contributed by atoms with E-state index in [0.29, 0.717) is 17.4 Å². The lowest BCUT2D eigenvalue weighted by atomic mass is 10.1. The molecule has 34 heavy (non-hydrogen) atoms. The smallest absolute Gasteiger partial charge is 0.257 e. The highest BCUT2D eigenvalue weighted by atomic mass is 16.1. The third-order valence-electron chi connectivity index (χ3n) is 6.24. The van der Waals surface area contributed by atoms with Crippen LogP contribution in [0.3, 0.4) is 0 Å². The molecule has 1 amide bonds. The average molecular weight is 457 g/mol. The van der Waals surface area contributed by atoms with Gasteiger partial charge in [-0.1, -0.05) is 17.3 Å². The predicted molar refractivity (Wildman–Crippen MR) is 133 cm³/mol. The molecule has 1 saturated heterocycles. The highest BCUT2D eigenvalue weighted by Crippen LogP contribution is 2.24. The standard InChI is InChI=1S/C25H28N8O/c1-17(2)32-8-10-33(11-9-32)24-14-19(6-7-26-24)25(34)28-23-13-21-12-18(4-5-20(21)15-27-23)22-16-31(3)30-29-22/h4-7,12-17H,8-11H2,1-3H3,(H,27,28,34). The second-order valence-electron chi connectivity index (χ2n) is 8.88. The Hall–Kier alpha value is -3.85. The zero-order chi connectivity index (χ0) is 23.7. The topological polar surface area (TPSA) is 92.1 Å². The summed E-state index contributed by atoms with van der Waals surface area (Å²) in [5.74, 6) is 1.12. The fourth-order valence-corrected chi connectivity index (χ4v) is 4.24. The Balaban J connectivity index is 1.32. The number of aromatic nitrogens is 5. The lowest BCUT2D eigenvalue weighted by Crippen LogP contribution is -2.49. The first kappa shape index (κ1) is 22.0. The first-order valence-corrected chi connectivity index (χ1v) is 11.5. The van der Waals surface area contributed by atoms with Gasteiger partial charge in [0.05, 0.1) is 6.20 Å². The monoisotopic (exact) mass is 456 g/mol. The number of carbonyl (C=O) groups is 1. The quantitative estimate of drug-likeness (QED) is 0.493. The van der Waals surface area contributed by atoms with Gasteiger partial charge in [0.15, 0.2) is 0 Å². The van der Waals surface area contributed by atoms with Crippen LogP contribution in [0.25, 0.3) is 22.0 Å². The molecule has 174 valence electrons. The van der Waals surface area contributed by atoms with E-state index in [2.05, 4.69) is 49.2 Å². The summed E-state index contributed by atoms with van der Waals surface area (Å²) in [5, 5.41) is 13.1. The molecule has 4 aromatic rings. The third kappa shape index (κ3) is 4.60. The van der Waals surface area contributed by atoms with Crippen LogP contribution in [0, 0.1) is 0 Å². The Morgan fingerprint density at radius 2 is 1.82 bits per heavy atom. The molecule has 3 aromatic heterocycles. The van der Waals surface area contributed by atoms with Gasteiger partial charge < -0.3 is 10.2 Å². The van der Waals surface area contributed by atoms with E-state index in [4.69, 9.17) is 0 Å². The van der Waals surface area contributed by atoms with E-state index in [1.54, 1.807) is 23.1 Å². The van der Waals surface area contributed by atoms with Crippen molar-refractivity contribution < 1.29 is 4.79 Å². The number of nitrogens with one attached hydrogen (secondary N) is 1. The van der Waals surface area contributed by atoms with Gasteiger partial charge in [0, 0.05) is 68.2 Å². The van der Waals surface area contributed by atoms with Gasteiger partial charge in [0.2, 0.25) is 0 Å². The molecule has 4 heterocycles. The minimum absolute atomic E-state index is 0.207. The maximum Gasteiger partial charge on any atom is 0.257 e. The van der Waals surface area contributed by atoms with E-state index in [9.17, 15) is 4.79 Å². The van der Waals surface area contributed by atoms with Crippen LogP contribution in [0.2, 0.25) is 0 Å². The van der Waals surface area contributed by atoms with Crippen LogP contribution in [0.15, 0.2) is 55.0 Å². The third-order valence-corrected chi connectivity index (χ3v) is 6.24. The molecule has 0 bridgehead atoms. The summed E-state index contributed by atoms with van der Waals surface area (Å²) in [7, 11) is 1.84. The fraction of sp³-hybridized carbons (Fsp3) is 0.320. The first-order valence-electron chi connectivity index (χ1n) is 11.5. The SMILES string of the molecule is CC(C)N1CCN(c2cc(C(=O)Nc3cc4cc(-c5cn(C)nn5)ccc4cn3)ccn2)CC1. The van der Waals surface area contributed by atoms with Crippen LogP contribution in [0.5, 0.6) is 0 Å². The number of amides is 1. The lowest BCUT2D eigenvalue weighted by Gasteiger charge is -2.37. The molecule has 0 unspecified atom stereocenters. The normalized spacial score (nSPS) is 14.6. The van der Waals surface area contributed by atoms with Crippen molar-refractivity contribution in [2.45, 2.75) is 19.9 Å². The highest BCUT2D eigenvalue weighted by Gasteiger charge is 2.20. The Bertz CT molecular complexity index is 1320. The maximum absolute atomic E-state index is 13.0. The number of fused-ring (bicyclic) bond motifs is 1. The Morgan fingerprint density at radius 3 is 2.56 bits per heavy atom. The number of hydrogen-bond donors (Lipinski definition) is 1. The largest absolute Gasteiger partial charge is 0.354 e. The minimum atomic E-state index is -0.207. The van der Waals surface area contributed by atoms with Crippen LogP contribution in [0.4, 0.5) is 11.6 Å². The molecular weight excluding hydrogens is 428 g/mol. The molecule has 0 aliphatic carbocycles. The summed E-state index contributed by atoms with van der Waals surface area (Å²) in [6.07, 6.45) is 5.33. The zero-order valence-electron chi connectivity index (χ0n) is 19.6. The molecule has 1 aliphatic rings. The van der Waals surface area contributed by atoms with E-state index in [0.717, 1.165) is 54.0 Å². The van der Waals surface area contributed by atoms with Gasteiger partial charge in [-0.25, -0.2) is 9.97 Å². The van der Waals surface area contributed by atoms with Crippen molar-refractivity contribution in [2.75, 3.05) is 36.4 Å². The summed E-state index contributed by atoms with van der Waals surface area (Å²) >= 11 is 0. The van der Waals surface area contributed by atoms with E-state index in [1.807, 2.05) is 43.6 Å². The molecule has 0 saturated carbocycles. The van der Waals surface area contributed by atoms with Crippen LogP contribution in [0.1, 0.15) is 24.2 Å². The van der Waals surface area contributed by atoms with Gasteiger partial charge >= 0.3 is 0 Å². The number of hydrogen-bond acceptors (Lipinski definition) is 7. The number of aryl methyl sites for hydroxylation is 1. The molecule has 1 fully saturated rings. The number of nitrogens with zero attached hydrogens (tertiary/aromatic N) is 7. The van der Waals surface area contributed by atoms with Crippen LogP contribution >= 0.6 is 0 Å². The summed E-state index contributed by atoms with van der Waals surface area (Å²) in [6, 6.07) is 12.0. The van der Waals surface area contributed by atoms with E-state index >= 15 is 0 Å². The van der Waals surface area contributed by atoms with Crippen LogP contribution in [-0.4, -0.2) is 68.0 Å². The Kier molecular flexibility index (Phi) is 5.93. The number of piperazine rings is 1. The molecular formula is C25H28N8O. The summed E-state index contributed by atoms with van der Waals surface area (Å²) in [4.78, 5) is 26.6. The van der Waals surface area contributed by atoms with Crippen molar-refractivity contribution >= 4 is 28.3 Å². The van der Waals surface area contributed by atoms with Crippen molar-refractivity contribution in [3.63, 3.8) is 0 Å². The molecule has 1 aromatic carbocycles. The Labute approximate surface area is 198 Å². The fourth-order valence-electron chi connectivity index (χ4n) is 4.24. The van der Waals surface area contributed by atoms with Crippen molar-refractivity contribution in [3.05, 3.63) is 60.6 Å². The summed E-state index contributed by atoms with van der Waals surface area (Å²) < 4.78 is 1.67. The predicted octanol–water partition coefficient (Wildman–Crippen LogP) is 3.21. The van der Waals surface area contributed by atoms with Gasteiger partial charge in [-0.05, 0) is 43.5 Å². The minimum Gasteiger partial charge on any atom is -0.354 e. The van der Waals surface area contributed by atoms with Gasteiger partial charge in [-0.2, -0.15) is 0 Å². The first-order chi connectivity index (χ1) is 16.5. The van der Waals surface area contributed by atoms with Crippen LogP contribution in [-0.2, 0) is 7.05 Å². The van der Waals surface area contributed by atoms with Crippen molar-refractivity contribution in [3.8, 4) is 11.3 Å². The summed E-state index contributed by atoms with van der Waals surface area (Å²) in [6.45, 7) is 8.22. The molecule has 9 heteroatoms. The molecule has 9 nitrogen and oxygen atoms in total. The lowest BCUT2D eigenvalue weighted by molar-refractivity contribution is 0.102. The Morgan fingerprint density at radius 1 is 1.00 bits per heavy atom. The van der Waals surface area contributed by atoms with Crippen LogP contribution < -0.4 is 10.2 Å². The molecule has 1 N–H and O–H groups in total. The van der Waals surface area contributed by atoms with Gasteiger partial charge in [0.1, 0.15) is 17.3 Å². The zero-order valence-corrected chi connectivity index (χ0v) is 19.6. The van der Waals surface area contributed by atoms with E-state index < -0.39 is 0 Å². The van der Waals surface area contributed by atoms with Crippen molar-refractivity contribution in [1.82, 2.24) is 29.9 Å². The average Bonchev–Trinajstić information content (AvgIpc) is 3.30. The number of benzene rings is 1. The molecule has 0 radical (unpaired) electrons. The van der Waals surface area contributed by atoms with Gasteiger partial charge in [0.25, 0.3) is 5.91 Å². The molecule has 1 aliphatic heterocycles. The second kappa shape index (κ2) is 9.18. The molecule has 5 rings (SSSR count). The highest BCUT2D eigenvalue weighted by molar-refractivity contribution is 6.05.